The molecule has 158 valence electrons. The number of thioether (sulfide) groups is 1. The number of amides is 3. The maximum absolute atomic E-state index is 13.2. The van der Waals surface area contributed by atoms with E-state index in [1.54, 1.807) is 25.3 Å². The van der Waals surface area contributed by atoms with Crippen molar-refractivity contribution in [2.75, 3.05) is 37.8 Å². The molecule has 4 rings (SSSR count). The van der Waals surface area contributed by atoms with Crippen LogP contribution < -0.4 is 10.1 Å². The van der Waals surface area contributed by atoms with Crippen LogP contribution >= 0.6 is 23.4 Å². The van der Waals surface area contributed by atoms with Gasteiger partial charge in [0.1, 0.15) is 5.75 Å². The molecule has 8 heteroatoms. The summed E-state index contributed by atoms with van der Waals surface area (Å²) < 4.78 is 5.21. The van der Waals surface area contributed by atoms with E-state index in [1.807, 2.05) is 51.9 Å². The van der Waals surface area contributed by atoms with Gasteiger partial charge in [-0.15, -0.1) is 11.8 Å². The molecule has 0 aromatic heterocycles. The van der Waals surface area contributed by atoms with Crippen LogP contribution in [0.1, 0.15) is 23.2 Å². The second-order valence-corrected chi connectivity index (χ2v) is 9.24. The van der Waals surface area contributed by atoms with Crippen molar-refractivity contribution in [3.05, 3.63) is 59.1 Å². The van der Waals surface area contributed by atoms with Gasteiger partial charge in [-0.05, 0) is 37.1 Å². The lowest BCUT2D eigenvalue weighted by Gasteiger charge is -2.44. The molecular weight excluding hydrogens is 422 g/mol. The highest BCUT2D eigenvalue weighted by atomic mass is 35.5. The van der Waals surface area contributed by atoms with Crippen molar-refractivity contribution in [2.45, 2.75) is 17.7 Å². The Kier molecular flexibility index (Phi) is 6.11. The Morgan fingerprint density at radius 2 is 1.87 bits per heavy atom. The topological polar surface area (TPSA) is 61.9 Å². The number of rotatable bonds is 3. The first kappa shape index (κ1) is 20.9. The molecule has 0 unspecified atom stereocenters. The SMILES string of the molecule is COc1cccc(NC(=O)N2CCC3(CC2)SCCN3C(=O)c2ccccc2Cl)c1. The highest BCUT2D eigenvalue weighted by Crippen LogP contribution is 2.45. The highest BCUT2D eigenvalue weighted by molar-refractivity contribution is 8.00. The maximum atomic E-state index is 13.2. The minimum Gasteiger partial charge on any atom is -0.497 e. The molecule has 3 amide bonds. The molecule has 0 radical (unpaired) electrons. The molecule has 2 heterocycles. The van der Waals surface area contributed by atoms with E-state index in [2.05, 4.69) is 5.32 Å². The number of carbonyl (C=O) groups is 2. The van der Waals surface area contributed by atoms with Gasteiger partial charge in [-0.2, -0.15) is 0 Å². The number of halogens is 1. The summed E-state index contributed by atoms with van der Waals surface area (Å²) in [4.78, 5) is 29.4. The summed E-state index contributed by atoms with van der Waals surface area (Å²) in [5.41, 5.74) is 1.24. The molecule has 1 N–H and O–H groups in total. The molecule has 2 fully saturated rings. The summed E-state index contributed by atoms with van der Waals surface area (Å²) in [6.45, 7) is 1.88. The molecule has 2 aromatic rings. The van der Waals surface area contributed by atoms with Crippen LogP contribution in [-0.4, -0.2) is 59.1 Å². The third-order valence-corrected chi connectivity index (χ3v) is 7.56. The van der Waals surface area contributed by atoms with Gasteiger partial charge in [-0.1, -0.05) is 29.8 Å². The summed E-state index contributed by atoms with van der Waals surface area (Å²) >= 11 is 8.08. The first-order valence-corrected chi connectivity index (χ1v) is 11.3. The Morgan fingerprint density at radius 1 is 1.10 bits per heavy atom. The number of ether oxygens (including phenoxy) is 1. The van der Waals surface area contributed by atoms with Crippen molar-refractivity contribution in [1.29, 1.82) is 0 Å². The Balaban J connectivity index is 1.41. The third kappa shape index (κ3) is 4.09. The number of nitrogens with one attached hydrogen (secondary N) is 1. The van der Waals surface area contributed by atoms with E-state index in [0.717, 1.165) is 18.6 Å². The highest BCUT2D eigenvalue weighted by Gasteiger charge is 2.47. The zero-order chi connectivity index (χ0) is 21.1. The number of urea groups is 1. The summed E-state index contributed by atoms with van der Waals surface area (Å²) in [7, 11) is 1.60. The van der Waals surface area contributed by atoms with Crippen LogP contribution in [0, 0.1) is 0 Å². The van der Waals surface area contributed by atoms with Gasteiger partial charge < -0.3 is 19.9 Å². The summed E-state index contributed by atoms with van der Waals surface area (Å²) in [6, 6.07) is 14.4. The average molecular weight is 446 g/mol. The second kappa shape index (κ2) is 8.78. The number of carbonyl (C=O) groups excluding carboxylic acids is 2. The minimum atomic E-state index is -0.275. The van der Waals surface area contributed by atoms with Crippen LogP contribution in [0.25, 0.3) is 0 Å². The van der Waals surface area contributed by atoms with Gasteiger partial charge >= 0.3 is 6.03 Å². The third-order valence-electron chi connectivity index (χ3n) is 5.68. The van der Waals surface area contributed by atoms with Crippen LogP contribution in [0.5, 0.6) is 5.75 Å². The van der Waals surface area contributed by atoms with Crippen LogP contribution in [0.3, 0.4) is 0 Å². The molecule has 0 atom stereocenters. The Bertz CT molecular complexity index is 947. The number of likely N-dealkylation sites (tertiary alicyclic amines) is 1. The fourth-order valence-corrected chi connectivity index (χ4v) is 5.72. The van der Waals surface area contributed by atoms with Crippen molar-refractivity contribution >= 4 is 41.0 Å². The largest absolute Gasteiger partial charge is 0.497 e. The first-order chi connectivity index (χ1) is 14.5. The predicted octanol–water partition coefficient (Wildman–Crippen LogP) is 4.56. The van der Waals surface area contributed by atoms with E-state index in [9.17, 15) is 9.59 Å². The van der Waals surface area contributed by atoms with Gasteiger partial charge in [0.05, 0.1) is 22.6 Å². The van der Waals surface area contributed by atoms with Crippen molar-refractivity contribution < 1.29 is 14.3 Å². The molecule has 2 aliphatic rings. The van der Waals surface area contributed by atoms with Crippen molar-refractivity contribution in [1.82, 2.24) is 9.80 Å². The number of piperidine rings is 1. The van der Waals surface area contributed by atoms with E-state index in [4.69, 9.17) is 16.3 Å². The Morgan fingerprint density at radius 3 is 2.60 bits per heavy atom. The van der Waals surface area contributed by atoms with E-state index in [0.29, 0.717) is 41.7 Å². The number of benzene rings is 2. The molecule has 0 saturated carbocycles. The van der Waals surface area contributed by atoms with Gasteiger partial charge in [0.15, 0.2) is 0 Å². The van der Waals surface area contributed by atoms with Crippen LogP contribution in [0.4, 0.5) is 10.5 Å². The van der Waals surface area contributed by atoms with Crippen LogP contribution in [0.15, 0.2) is 48.5 Å². The van der Waals surface area contributed by atoms with Gasteiger partial charge in [-0.3, -0.25) is 4.79 Å². The lowest BCUT2D eigenvalue weighted by atomic mass is 10.0. The molecule has 6 nitrogen and oxygen atoms in total. The molecule has 1 spiro atoms. The van der Waals surface area contributed by atoms with Crippen LogP contribution in [-0.2, 0) is 0 Å². The lowest BCUT2D eigenvalue weighted by molar-refractivity contribution is 0.0586. The normalized spacial score (nSPS) is 17.8. The average Bonchev–Trinajstić information content (AvgIpc) is 3.17. The van der Waals surface area contributed by atoms with E-state index >= 15 is 0 Å². The Labute approximate surface area is 185 Å². The number of nitrogens with zero attached hydrogens (tertiary/aromatic N) is 2. The van der Waals surface area contributed by atoms with E-state index in [-0.39, 0.29) is 16.8 Å². The summed E-state index contributed by atoms with van der Waals surface area (Å²) in [6.07, 6.45) is 1.47. The summed E-state index contributed by atoms with van der Waals surface area (Å²) in [5.74, 6) is 1.56. The number of hydrogen-bond donors (Lipinski definition) is 1. The van der Waals surface area contributed by atoms with E-state index in [1.165, 1.54) is 0 Å². The van der Waals surface area contributed by atoms with Gasteiger partial charge in [-0.25, -0.2) is 4.79 Å². The number of anilines is 1. The van der Waals surface area contributed by atoms with Gasteiger partial charge in [0, 0.05) is 37.1 Å². The monoisotopic (exact) mass is 445 g/mol. The number of hydrogen-bond acceptors (Lipinski definition) is 4. The van der Waals surface area contributed by atoms with E-state index < -0.39 is 0 Å². The standard InChI is InChI=1S/C22H24ClN3O3S/c1-29-17-6-4-5-16(15-17)24-21(28)25-11-9-22(10-12-25)26(13-14-30-22)20(27)18-7-2-3-8-19(18)23/h2-8,15H,9-14H2,1H3,(H,24,28). The second-order valence-electron chi connectivity index (χ2n) is 7.38. The number of methoxy groups -OCH3 is 1. The first-order valence-electron chi connectivity index (χ1n) is 9.93. The Hall–Kier alpha value is -2.38. The fraction of sp³-hybridized carbons (Fsp3) is 0.364. The zero-order valence-corrected chi connectivity index (χ0v) is 18.3. The zero-order valence-electron chi connectivity index (χ0n) is 16.8. The maximum Gasteiger partial charge on any atom is 0.321 e. The molecule has 0 bridgehead atoms. The van der Waals surface area contributed by atoms with Crippen molar-refractivity contribution in [2.24, 2.45) is 0 Å². The molecular formula is C22H24ClN3O3S. The van der Waals surface area contributed by atoms with Crippen molar-refractivity contribution in [3.63, 3.8) is 0 Å². The summed E-state index contributed by atoms with van der Waals surface area (Å²) in [5, 5.41) is 3.41. The molecule has 30 heavy (non-hydrogen) atoms. The lowest BCUT2D eigenvalue weighted by Crippen LogP contribution is -2.54. The quantitative estimate of drug-likeness (QED) is 0.752. The fourth-order valence-electron chi connectivity index (χ4n) is 4.05. The van der Waals surface area contributed by atoms with Crippen molar-refractivity contribution in [3.8, 4) is 5.75 Å². The molecule has 0 aliphatic carbocycles. The molecule has 2 aliphatic heterocycles. The molecule has 2 saturated heterocycles. The van der Waals surface area contributed by atoms with Gasteiger partial charge in [0.2, 0.25) is 0 Å². The van der Waals surface area contributed by atoms with Crippen LogP contribution in [0.2, 0.25) is 5.02 Å². The minimum absolute atomic E-state index is 0.0279. The predicted molar refractivity (Wildman–Crippen MR) is 120 cm³/mol. The molecule has 2 aromatic carbocycles. The smallest absolute Gasteiger partial charge is 0.321 e. The van der Waals surface area contributed by atoms with Gasteiger partial charge in [0.25, 0.3) is 5.91 Å².